The largest absolute Gasteiger partial charge is 0.393 e. The summed E-state index contributed by atoms with van der Waals surface area (Å²) in [5.74, 6) is 0.737. The van der Waals surface area contributed by atoms with E-state index in [2.05, 4.69) is 12.2 Å². The van der Waals surface area contributed by atoms with Crippen LogP contribution in [0, 0.1) is 5.92 Å². The van der Waals surface area contributed by atoms with Crippen molar-refractivity contribution in [3.05, 3.63) is 21.4 Å². The molecule has 0 fully saturated rings. The van der Waals surface area contributed by atoms with Crippen LogP contribution in [0.3, 0.4) is 0 Å². The van der Waals surface area contributed by atoms with Crippen molar-refractivity contribution in [2.45, 2.75) is 45.6 Å². The van der Waals surface area contributed by atoms with Gasteiger partial charge in [-0.15, -0.1) is 11.3 Å². The van der Waals surface area contributed by atoms with Crippen LogP contribution in [0.5, 0.6) is 0 Å². The average Bonchev–Trinajstić information content (AvgIpc) is 2.71. The topological polar surface area (TPSA) is 49.3 Å². The number of nitrogens with one attached hydrogen (secondary N) is 1. The number of carbonyl (C=O) groups is 1. The van der Waals surface area contributed by atoms with E-state index in [1.165, 1.54) is 16.9 Å². The molecule has 0 aliphatic heterocycles. The molecule has 1 aliphatic carbocycles. The maximum Gasteiger partial charge on any atom is 0.261 e. The van der Waals surface area contributed by atoms with E-state index in [-0.39, 0.29) is 12.0 Å². The highest BCUT2D eigenvalue weighted by Crippen LogP contribution is 2.32. The van der Waals surface area contributed by atoms with Crippen LogP contribution in [0.25, 0.3) is 0 Å². The summed E-state index contributed by atoms with van der Waals surface area (Å²) in [6.45, 7) is 4.54. The summed E-state index contributed by atoms with van der Waals surface area (Å²) in [4.78, 5) is 14.1. The Hall–Kier alpha value is -0.870. The van der Waals surface area contributed by atoms with Gasteiger partial charge in [-0.1, -0.05) is 6.92 Å². The smallest absolute Gasteiger partial charge is 0.261 e. The zero-order chi connectivity index (χ0) is 13.1. The molecule has 100 valence electrons. The number of aliphatic hydroxyl groups is 1. The number of hydrogen-bond donors (Lipinski definition) is 2. The first-order chi connectivity index (χ1) is 8.56. The third-order valence-corrected chi connectivity index (χ3v) is 4.64. The summed E-state index contributed by atoms with van der Waals surface area (Å²) in [5, 5.41) is 12.0. The number of fused-ring (bicyclic) bond motifs is 1. The lowest BCUT2D eigenvalue weighted by atomic mass is 9.90. The normalized spacial score (nSPS) is 20.3. The molecule has 1 heterocycles. The van der Waals surface area contributed by atoms with E-state index < -0.39 is 0 Å². The van der Waals surface area contributed by atoms with E-state index in [1.807, 2.05) is 6.07 Å². The van der Waals surface area contributed by atoms with E-state index in [1.54, 1.807) is 18.3 Å². The van der Waals surface area contributed by atoms with Crippen LogP contribution < -0.4 is 5.32 Å². The molecule has 0 aromatic carbocycles. The Labute approximate surface area is 112 Å². The van der Waals surface area contributed by atoms with E-state index in [9.17, 15) is 4.79 Å². The Balaban J connectivity index is 1.95. The van der Waals surface area contributed by atoms with Gasteiger partial charge in [0.1, 0.15) is 0 Å². The molecule has 18 heavy (non-hydrogen) atoms. The number of carbonyl (C=O) groups excluding carboxylic acids is 1. The zero-order valence-corrected chi connectivity index (χ0v) is 11.8. The van der Waals surface area contributed by atoms with Crippen molar-refractivity contribution < 1.29 is 9.90 Å². The van der Waals surface area contributed by atoms with Crippen molar-refractivity contribution in [2.75, 3.05) is 6.54 Å². The Morgan fingerprint density at radius 2 is 2.44 bits per heavy atom. The van der Waals surface area contributed by atoms with E-state index in [0.29, 0.717) is 13.0 Å². The van der Waals surface area contributed by atoms with Gasteiger partial charge in [-0.25, -0.2) is 0 Å². The molecule has 0 bridgehead atoms. The summed E-state index contributed by atoms with van der Waals surface area (Å²) < 4.78 is 0. The number of thiophene rings is 1. The van der Waals surface area contributed by atoms with E-state index in [4.69, 9.17) is 5.11 Å². The highest BCUT2D eigenvalue weighted by atomic mass is 32.1. The fourth-order valence-electron chi connectivity index (χ4n) is 2.30. The predicted molar refractivity (Wildman–Crippen MR) is 74.1 cm³/mol. The van der Waals surface area contributed by atoms with Crippen molar-refractivity contribution in [2.24, 2.45) is 5.92 Å². The fourth-order valence-corrected chi connectivity index (χ4v) is 3.42. The maximum absolute atomic E-state index is 11.9. The van der Waals surface area contributed by atoms with Gasteiger partial charge in [0.15, 0.2) is 0 Å². The summed E-state index contributed by atoms with van der Waals surface area (Å²) in [7, 11) is 0. The number of hydrogen-bond acceptors (Lipinski definition) is 3. The fraction of sp³-hybridized carbons (Fsp3) is 0.643. The number of amides is 1. The molecule has 0 saturated carbocycles. The van der Waals surface area contributed by atoms with Crippen LogP contribution in [0.4, 0.5) is 0 Å². The third-order valence-electron chi connectivity index (χ3n) is 3.40. The first-order valence-electron chi connectivity index (χ1n) is 6.64. The van der Waals surface area contributed by atoms with Gasteiger partial charge in [-0.2, -0.15) is 0 Å². The lowest BCUT2D eigenvalue weighted by Crippen LogP contribution is -2.25. The molecule has 4 heteroatoms. The van der Waals surface area contributed by atoms with Crippen LogP contribution in [0.15, 0.2) is 6.07 Å². The maximum atomic E-state index is 11.9. The second-order valence-corrected chi connectivity index (χ2v) is 6.44. The molecule has 2 unspecified atom stereocenters. The van der Waals surface area contributed by atoms with Gasteiger partial charge in [0.2, 0.25) is 0 Å². The first-order valence-corrected chi connectivity index (χ1v) is 7.45. The molecule has 1 aromatic heterocycles. The molecular weight excluding hydrogens is 246 g/mol. The van der Waals surface area contributed by atoms with E-state index in [0.717, 1.165) is 23.6 Å². The first kappa shape index (κ1) is 13.6. The molecule has 2 rings (SSSR count). The molecule has 0 radical (unpaired) electrons. The lowest BCUT2D eigenvalue weighted by molar-refractivity contribution is 0.0949. The molecule has 1 aliphatic rings. The molecule has 2 atom stereocenters. The van der Waals surface area contributed by atoms with Gasteiger partial charge in [-0.3, -0.25) is 4.79 Å². The molecule has 0 spiro atoms. The van der Waals surface area contributed by atoms with Crippen molar-refractivity contribution in [1.29, 1.82) is 0 Å². The van der Waals surface area contributed by atoms with Crippen molar-refractivity contribution in [3.63, 3.8) is 0 Å². The minimum absolute atomic E-state index is 0.00250. The van der Waals surface area contributed by atoms with Crippen molar-refractivity contribution >= 4 is 17.2 Å². The zero-order valence-electron chi connectivity index (χ0n) is 11.0. The number of rotatable bonds is 4. The molecule has 3 nitrogen and oxygen atoms in total. The molecular formula is C14H21NO2S. The Kier molecular flexibility index (Phi) is 4.40. The molecule has 0 saturated heterocycles. The summed E-state index contributed by atoms with van der Waals surface area (Å²) in [6, 6.07) is 2.05. The Bertz CT molecular complexity index is 425. The summed E-state index contributed by atoms with van der Waals surface area (Å²) in [5.41, 5.74) is 1.36. The third kappa shape index (κ3) is 3.33. The van der Waals surface area contributed by atoms with Crippen LogP contribution in [0.1, 0.15) is 46.8 Å². The number of aliphatic hydroxyl groups excluding tert-OH is 1. The standard InChI is InChI=1S/C14H21NO2S/c1-9-3-4-12-11(7-9)8-13(18-12)14(17)15-6-5-10(2)16/h8-10,16H,3-7H2,1-2H3,(H,15,17). The van der Waals surface area contributed by atoms with Gasteiger partial charge in [0, 0.05) is 11.4 Å². The second kappa shape index (κ2) is 5.85. The highest BCUT2D eigenvalue weighted by Gasteiger charge is 2.20. The van der Waals surface area contributed by atoms with Gasteiger partial charge in [0.05, 0.1) is 11.0 Å². The lowest BCUT2D eigenvalue weighted by Gasteiger charge is -2.16. The van der Waals surface area contributed by atoms with Gasteiger partial charge in [-0.05, 0) is 50.2 Å². The Morgan fingerprint density at radius 3 is 3.17 bits per heavy atom. The van der Waals surface area contributed by atoms with Gasteiger partial charge < -0.3 is 10.4 Å². The average molecular weight is 267 g/mol. The monoisotopic (exact) mass is 267 g/mol. The van der Waals surface area contributed by atoms with Crippen molar-refractivity contribution in [1.82, 2.24) is 5.32 Å². The Morgan fingerprint density at radius 1 is 1.67 bits per heavy atom. The van der Waals surface area contributed by atoms with Crippen LogP contribution >= 0.6 is 11.3 Å². The van der Waals surface area contributed by atoms with Gasteiger partial charge >= 0.3 is 0 Å². The van der Waals surface area contributed by atoms with Crippen LogP contribution in [-0.2, 0) is 12.8 Å². The van der Waals surface area contributed by atoms with Crippen molar-refractivity contribution in [3.8, 4) is 0 Å². The van der Waals surface area contributed by atoms with Gasteiger partial charge in [0.25, 0.3) is 5.91 Å². The van der Waals surface area contributed by atoms with E-state index >= 15 is 0 Å². The van der Waals surface area contributed by atoms with Crippen LogP contribution in [0.2, 0.25) is 0 Å². The quantitative estimate of drug-likeness (QED) is 0.880. The highest BCUT2D eigenvalue weighted by molar-refractivity contribution is 7.14. The summed E-state index contributed by atoms with van der Waals surface area (Å²) >= 11 is 1.63. The molecule has 2 N–H and O–H groups in total. The minimum Gasteiger partial charge on any atom is -0.393 e. The molecule has 1 aromatic rings. The SMILES string of the molecule is CC(O)CCNC(=O)c1cc2c(s1)CCC(C)C2. The summed E-state index contributed by atoms with van der Waals surface area (Å²) in [6.07, 6.45) is 3.70. The predicted octanol–water partition coefficient (Wildman–Crippen LogP) is 2.37. The van der Waals surface area contributed by atoms with Crippen LogP contribution in [-0.4, -0.2) is 23.7 Å². The second-order valence-electron chi connectivity index (χ2n) is 5.30. The minimum atomic E-state index is -0.359. The molecule has 1 amide bonds. The number of aryl methyl sites for hydroxylation is 1.